The van der Waals surface area contributed by atoms with Crippen molar-refractivity contribution in [3.63, 3.8) is 0 Å². The number of nitrogens with zero attached hydrogens (tertiary/aromatic N) is 2. The second-order valence-electron chi connectivity index (χ2n) is 9.47. The van der Waals surface area contributed by atoms with E-state index in [9.17, 15) is 35.6 Å². The molecule has 0 spiro atoms. The van der Waals surface area contributed by atoms with Crippen LogP contribution >= 0.6 is 0 Å². The smallest absolute Gasteiger partial charge is 0.341 e. The molecular weight excluding hydrogens is 528 g/mol. The highest BCUT2D eigenvalue weighted by Crippen LogP contribution is 2.35. The fraction of sp³-hybridized carbons (Fsp3) is 0.440. The van der Waals surface area contributed by atoms with Crippen molar-refractivity contribution in [2.75, 3.05) is 30.5 Å². The first-order chi connectivity index (χ1) is 17.9. The van der Waals surface area contributed by atoms with E-state index in [-0.39, 0.29) is 29.4 Å². The fourth-order valence-corrected chi connectivity index (χ4v) is 5.72. The van der Waals surface area contributed by atoms with E-state index < -0.39 is 45.7 Å². The molecule has 0 radical (unpaired) electrons. The molecule has 4 rings (SSSR count). The van der Waals surface area contributed by atoms with Gasteiger partial charge in [-0.1, -0.05) is 18.2 Å². The standard InChI is InChI=1S/C25H28F4N4O4S/c26-21-11-8-18(25(27,28)29)13-22(21)33(38(36,37)20-6-2-1-3-7-20)16-23(34)32-12-4-5-17(15-32)14-30-24(35)31-19-9-10-19/h1-3,6-8,11,13,17,19H,4-5,9-10,12,14-16H2,(H2,30,31,35). The molecule has 38 heavy (non-hydrogen) atoms. The van der Waals surface area contributed by atoms with E-state index in [1.807, 2.05) is 0 Å². The SMILES string of the molecule is O=C(NCC1CCCN(C(=O)CN(c2cc(C(F)(F)F)ccc2F)S(=O)(=O)c2ccccc2)C1)NC1CC1. The normalized spacial score (nSPS) is 18.1. The van der Waals surface area contributed by atoms with Crippen LogP contribution in [0, 0.1) is 11.7 Å². The van der Waals surface area contributed by atoms with Crippen LogP contribution in [0.1, 0.15) is 31.2 Å². The maximum atomic E-state index is 14.8. The van der Waals surface area contributed by atoms with Crippen LogP contribution in [-0.2, 0) is 21.0 Å². The number of amides is 3. The number of likely N-dealkylation sites (tertiary alicyclic amines) is 1. The minimum absolute atomic E-state index is 0.0953. The Labute approximate surface area is 218 Å². The molecule has 1 aliphatic heterocycles. The maximum absolute atomic E-state index is 14.8. The summed E-state index contributed by atoms with van der Waals surface area (Å²) in [4.78, 5) is 26.3. The molecule has 3 amide bonds. The molecule has 0 bridgehead atoms. The van der Waals surface area contributed by atoms with Crippen molar-refractivity contribution in [1.29, 1.82) is 0 Å². The molecule has 2 aromatic rings. The van der Waals surface area contributed by atoms with Crippen LogP contribution in [0.3, 0.4) is 0 Å². The number of hydrogen-bond acceptors (Lipinski definition) is 4. The van der Waals surface area contributed by atoms with Gasteiger partial charge in [0.05, 0.1) is 16.1 Å². The number of benzene rings is 2. The van der Waals surface area contributed by atoms with Crippen LogP contribution in [0.2, 0.25) is 0 Å². The van der Waals surface area contributed by atoms with E-state index in [1.165, 1.54) is 29.2 Å². The lowest BCUT2D eigenvalue weighted by atomic mass is 9.98. The van der Waals surface area contributed by atoms with Crippen molar-refractivity contribution >= 4 is 27.6 Å². The Morgan fingerprint density at radius 1 is 1.05 bits per heavy atom. The molecule has 206 valence electrons. The monoisotopic (exact) mass is 556 g/mol. The van der Waals surface area contributed by atoms with Crippen molar-refractivity contribution in [3.05, 3.63) is 59.9 Å². The van der Waals surface area contributed by atoms with Gasteiger partial charge in [-0.25, -0.2) is 17.6 Å². The van der Waals surface area contributed by atoms with Crippen molar-refractivity contribution in [2.45, 2.75) is 42.8 Å². The number of sulfonamides is 1. The van der Waals surface area contributed by atoms with Gasteiger partial charge in [0.1, 0.15) is 12.4 Å². The Morgan fingerprint density at radius 2 is 1.76 bits per heavy atom. The number of carbonyl (C=O) groups excluding carboxylic acids is 2. The van der Waals surface area contributed by atoms with Gasteiger partial charge in [-0.15, -0.1) is 0 Å². The lowest BCUT2D eigenvalue weighted by molar-refractivity contribution is -0.137. The largest absolute Gasteiger partial charge is 0.416 e. The summed E-state index contributed by atoms with van der Waals surface area (Å²) in [7, 11) is -4.60. The summed E-state index contributed by atoms with van der Waals surface area (Å²) in [5.41, 5.74) is -2.12. The third-order valence-electron chi connectivity index (χ3n) is 6.49. The third kappa shape index (κ3) is 6.74. The van der Waals surface area contributed by atoms with E-state index >= 15 is 0 Å². The zero-order chi connectivity index (χ0) is 27.5. The first kappa shape index (κ1) is 27.7. The summed E-state index contributed by atoms with van der Waals surface area (Å²) in [6.07, 6.45) is -1.66. The van der Waals surface area contributed by atoms with Gasteiger partial charge in [-0.2, -0.15) is 13.2 Å². The van der Waals surface area contributed by atoms with Gasteiger partial charge in [0.2, 0.25) is 5.91 Å². The number of carbonyl (C=O) groups is 2. The molecule has 1 heterocycles. The molecule has 2 aliphatic rings. The predicted molar refractivity (Wildman–Crippen MR) is 131 cm³/mol. The Hall–Kier alpha value is -3.35. The van der Waals surface area contributed by atoms with E-state index in [4.69, 9.17) is 0 Å². The van der Waals surface area contributed by atoms with E-state index in [1.54, 1.807) is 6.07 Å². The topological polar surface area (TPSA) is 98.8 Å². The highest BCUT2D eigenvalue weighted by Gasteiger charge is 2.36. The average Bonchev–Trinajstić information content (AvgIpc) is 3.70. The van der Waals surface area contributed by atoms with Gasteiger partial charge >= 0.3 is 12.2 Å². The fourth-order valence-electron chi connectivity index (χ4n) is 4.28. The number of nitrogens with one attached hydrogen (secondary N) is 2. The molecule has 1 unspecified atom stereocenters. The molecule has 0 aromatic heterocycles. The van der Waals surface area contributed by atoms with E-state index in [0.717, 1.165) is 19.3 Å². The summed E-state index contributed by atoms with van der Waals surface area (Å²) in [6.45, 7) is -0.0743. The quantitative estimate of drug-likeness (QED) is 0.484. The highest BCUT2D eigenvalue weighted by molar-refractivity contribution is 7.92. The molecule has 8 nitrogen and oxygen atoms in total. The van der Waals surface area contributed by atoms with Gasteiger partial charge in [0.25, 0.3) is 10.0 Å². The lowest BCUT2D eigenvalue weighted by Gasteiger charge is -2.34. The average molecular weight is 557 g/mol. The number of rotatable bonds is 8. The summed E-state index contributed by atoms with van der Waals surface area (Å²) in [5, 5.41) is 5.58. The molecule has 1 aliphatic carbocycles. The van der Waals surface area contributed by atoms with Crippen LogP contribution in [0.15, 0.2) is 53.4 Å². The van der Waals surface area contributed by atoms with Crippen molar-refractivity contribution in [1.82, 2.24) is 15.5 Å². The molecule has 2 aromatic carbocycles. The summed E-state index contributed by atoms with van der Waals surface area (Å²) >= 11 is 0. The van der Waals surface area contributed by atoms with Gasteiger partial charge in [0.15, 0.2) is 0 Å². The molecule has 2 fully saturated rings. The van der Waals surface area contributed by atoms with Crippen LogP contribution in [0.25, 0.3) is 0 Å². The van der Waals surface area contributed by atoms with Crippen LogP contribution in [0.5, 0.6) is 0 Å². The zero-order valence-electron chi connectivity index (χ0n) is 20.4. The number of hydrogen-bond donors (Lipinski definition) is 2. The molecule has 1 saturated heterocycles. The Bertz CT molecular complexity index is 1270. The van der Waals surface area contributed by atoms with Crippen molar-refractivity contribution in [2.24, 2.45) is 5.92 Å². The second-order valence-corrected chi connectivity index (χ2v) is 11.3. The van der Waals surface area contributed by atoms with Crippen LogP contribution in [0.4, 0.5) is 28.0 Å². The molecule has 1 saturated carbocycles. The molecule has 1 atom stereocenters. The first-order valence-electron chi connectivity index (χ1n) is 12.2. The Kier molecular flexibility index (Phi) is 8.14. The van der Waals surface area contributed by atoms with Crippen molar-refractivity contribution < 1.29 is 35.6 Å². The number of piperidine rings is 1. The van der Waals surface area contributed by atoms with E-state index in [2.05, 4.69) is 10.6 Å². The lowest BCUT2D eigenvalue weighted by Crippen LogP contribution is -2.49. The second kappa shape index (κ2) is 11.2. The molecule has 2 N–H and O–H groups in total. The zero-order valence-corrected chi connectivity index (χ0v) is 21.2. The third-order valence-corrected chi connectivity index (χ3v) is 8.26. The van der Waals surface area contributed by atoms with Gasteiger partial charge in [-0.3, -0.25) is 9.10 Å². The number of halogens is 4. The predicted octanol–water partition coefficient (Wildman–Crippen LogP) is 3.74. The molecular formula is C25H28F4N4O4S. The minimum Gasteiger partial charge on any atom is -0.341 e. The maximum Gasteiger partial charge on any atom is 0.416 e. The van der Waals surface area contributed by atoms with Crippen molar-refractivity contribution in [3.8, 4) is 0 Å². The minimum atomic E-state index is -4.85. The molecule has 13 heteroatoms. The summed E-state index contributed by atoms with van der Waals surface area (Å²) < 4.78 is 82.3. The summed E-state index contributed by atoms with van der Waals surface area (Å²) in [6, 6.07) is 8.14. The Morgan fingerprint density at radius 3 is 2.42 bits per heavy atom. The number of urea groups is 1. The summed E-state index contributed by atoms with van der Waals surface area (Å²) in [5.74, 6) is -2.00. The van der Waals surface area contributed by atoms with Crippen LogP contribution in [-0.4, -0.2) is 57.5 Å². The number of anilines is 1. The van der Waals surface area contributed by atoms with Gasteiger partial charge in [-0.05, 0) is 61.9 Å². The number of alkyl halides is 3. The Balaban J connectivity index is 1.55. The first-order valence-corrected chi connectivity index (χ1v) is 13.7. The van der Waals surface area contributed by atoms with E-state index in [0.29, 0.717) is 42.0 Å². The van der Waals surface area contributed by atoms with Crippen LogP contribution < -0.4 is 14.9 Å². The highest BCUT2D eigenvalue weighted by atomic mass is 32.2. The van der Waals surface area contributed by atoms with Gasteiger partial charge < -0.3 is 15.5 Å². The van der Waals surface area contributed by atoms with Gasteiger partial charge in [0, 0.05) is 25.7 Å².